The fourth-order valence-electron chi connectivity index (χ4n) is 3.53. The Morgan fingerprint density at radius 1 is 0.900 bits per heavy atom. The van der Waals surface area contributed by atoms with E-state index in [1.165, 1.54) is 0 Å². The van der Waals surface area contributed by atoms with Crippen LogP contribution in [0.15, 0.2) is 43.5 Å². The minimum atomic E-state index is -0.526. The Balaban J connectivity index is 2.83. The number of phenols is 1. The van der Waals surface area contributed by atoms with Crippen LogP contribution in [0.4, 0.5) is 0 Å². The van der Waals surface area contributed by atoms with E-state index < -0.39 is 5.97 Å². The van der Waals surface area contributed by atoms with Crippen LogP contribution in [0.2, 0.25) is 0 Å². The van der Waals surface area contributed by atoms with Crippen LogP contribution >= 0.6 is 0 Å². The lowest BCUT2D eigenvalue weighted by Crippen LogP contribution is -2.17. The number of hydrogen-bond donors (Lipinski definition) is 1. The number of aryl methyl sites for hydroxylation is 2. The predicted molar refractivity (Wildman–Crippen MR) is 125 cm³/mol. The second-order valence-electron chi connectivity index (χ2n) is 10.0. The second kappa shape index (κ2) is 8.14. The van der Waals surface area contributed by atoms with Gasteiger partial charge in [-0.15, -0.1) is 0 Å². The van der Waals surface area contributed by atoms with Crippen LogP contribution in [0.1, 0.15) is 74.9 Å². The zero-order valence-electron chi connectivity index (χ0n) is 19.6. The van der Waals surface area contributed by atoms with Crippen molar-refractivity contribution in [2.45, 2.75) is 66.2 Å². The molecule has 0 aliphatic rings. The van der Waals surface area contributed by atoms with Crippen molar-refractivity contribution in [1.82, 2.24) is 0 Å². The van der Waals surface area contributed by atoms with Crippen LogP contribution in [-0.2, 0) is 15.6 Å². The molecule has 0 radical (unpaired) electrons. The minimum Gasteiger partial charge on any atom is -0.507 e. The molecule has 0 saturated heterocycles. The Hall–Kier alpha value is -2.81. The third-order valence-electron chi connectivity index (χ3n) is 5.12. The van der Waals surface area contributed by atoms with E-state index in [1.54, 1.807) is 0 Å². The molecular weight excluding hydrogens is 372 g/mol. The number of benzene rings is 2. The fraction of sp³-hybridized carbons (Fsp3) is 0.370. The number of hydrogen-bond acceptors (Lipinski definition) is 3. The summed E-state index contributed by atoms with van der Waals surface area (Å²) < 4.78 is 5.72. The summed E-state index contributed by atoms with van der Waals surface area (Å²) >= 11 is 0. The largest absolute Gasteiger partial charge is 0.507 e. The molecule has 0 bridgehead atoms. The molecule has 0 atom stereocenters. The summed E-state index contributed by atoms with van der Waals surface area (Å²) in [5, 5.41) is 11.1. The first-order chi connectivity index (χ1) is 13.7. The quantitative estimate of drug-likeness (QED) is 0.347. The van der Waals surface area contributed by atoms with Crippen molar-refractivity contribution in [2.75, 3.05) is 0 Å². The Labute approximate surface area is 181 Å². The number of carbonyl (C=O) groups excluding carboxylic acids is 1. The highest BCUT2D eigenvalue weighted by Gasteiger charge is 2.27. The van der Waals surface area contributed by atoms with Crippen molar-refractivity contribution < 1.29 is 14.6 Å². The lowest BCUT2D eigenvalue weighted by molar-refractivity contribution is -0.129. The third-order valence-corrected chi connectivity index (χ3v) is 5.12. The Bertz CT molecular complexity index is 1010. The van der Waals surface area contributed by atoms with Crippen LogP contribution in [0.25, 0.3) is 5.57 Å². The summed E-state index contributed by atoms with van der Waals surface area (Å²) in [7, 11) is 0. The first-order valence-electron chi connectivity index (χ1n) is 10.2. The molecule has 3 nitrogen and oxygen atoms in total. The molecule has 1 N–H and O–H groups in total. The topological polar surface area (TPSA) is 46.5 Å². The molecule has 3 heteroatoms. The number of ether oxygens (including phenoxy) is 1. The smallest absolute Gasteiger partial charge is 0.335 e. The minimum absolute atomic E-state index is 0.206. The zero-order chi connectivity index (χ0) is 23.0. The summed E-state index contributed by atoms with van der Waals surface area (Å²) in [4.78, 5) is 12.1. The molecule has 0 fully saturated rings. The Morgan fingerprint density at radius 3 is 1.83 bits per heavy atom. The maximum Gasteiger partial charge on any atom is 0.335 e. The van der Waals surface area contributed by atoms with E-state index in [-0.39, 0.29) is 16.6 Å². The van der Waals surface area contributed by atoms with Crippen molar-refractivity contribution >= 4 is 11.5 Å². The van der Waals surface area contributed by atoms with Gasteiger partial charge in [-0.05, 0) is 53.5 Å². The molecule has 0 spiro atoms. The van der Waals surface area contributed by atoms with Gasteiger partial charge in [-0.1, -0.05) is 66.8 Å². The lowest BCUT2D eigenvalue weighted by atomic mass is 9.80. The number of carbonyl (C=O) groups is 1. The monoisotopic (exact) mass is 406 g/mol. The molecular formula is C27H34O3. The standard InChI is InChI=1S/C27H34O3/c1-11-23(28)30-25-20(13-17(3)15-22(25)27(8,9)10)18(4)19-12-16(2)14-21(24(19)29)26(5,6)7/h11-15,29H,1,4H2,2-3,5-10H3. The van der Waals surface area contributed by atoms with Gasteiger partial charge in [-0.2, -0.15) is 0 Å². The summed E-state index contributed by atoms with van der Waals surface area (Å²) in [6, 6.07) is 7.90. The van der Waals surface area contributed by atoms with Gasteiger partial charge in [0.05, 0.1) is 0 Å². The van der Waals surface area contributed by atoms with Crippen LogP contribution < -0.4 is 4.74 Å². The molecule has 0 heterocycles. The van der Waals surface area contributed by atoms with Crippen molar-refractivity contribution in [1.29, 1.82) is 0 Å². The van der Waals surface area contributed by atoms with Crippen molar-refractivity contribution in [3.8, 4) is 11.5 Å². The molecule has 0 aliphatic heterocycles. The van der Waals surface area contributed by atoms with E-state index in [0.29, 0.717) is 22.4 Å². The molecule has 0 amide bonds. The molecule has 0 aromatic heterocycles. The molecule has 2 rings (SSSR count). The predicted octanol–water partition coefficient (Wildman–Crippen LogP) is 6.76. The molecule has 0 saturated carbocycles. The van der Waals surface area contributed by atoms with Crippen molar-refractivity contribution in [3.05, 3.63) is 76.9 Å². The molecule has 2 aromatic rings. The number of rotatable bonds is 4. The van der Waals surface area contributed by atoms with Crippen LogP contribution in [-0.4, -0.2) is 11.1 Å². The van der Waals surface area contributed by atoms with Crippen LogP contribution in [0.3, 0.4) is 0 Å². The van der Waals surface area contributed by atoms with E-state index in [1.807, 2.05) is 38.1 Å². The van der Waals surface area contributed by atoms with Gasteiger partial charge in [0, 0.05) is 28.3 Å². The highest BCUT2D eigenvalue weighted by Crippen LogP contribution is 2.44. The average Bonchev–Trinajstić information content (AvgIpc) is 2.61. The van der Waals surface area contributed by atoms with E-state index in [0.717, 1.165) is 28.3 Å². The summed E-state index contributed by atoms with van der Waals surface area (Å²) in [6.45, 7) is 24.2. The summed E-state index contributed by atoms with van der Waals surface area (Å²) in [5.41, 5.74) is 5.26. The zero-order valence-corrected chi connectivity index (χ0v) is 19.6. The van der Waals surface area contributed by atoms with E-state index >= 15 is 0 Å². The lowest BCUT2D eigenvalue weighted by Gasteiger charge is -2.27. The first kappa shape index (κ1) is 23.5. The summed E-state index contributed by atoms with van der Waals surface area (Å²) in [6.07, 6.45) is 1.15. The van der Waals surface area contributed by atoms with Crippen molar-refractivity contribution in [2.24, 2.45) is 0 Å². The number of esters is 1. The number of phenolic OH excluding ortho intramolecular Hbond substituents is 1. The summed E-state index contributed by atoms with van der Waals surface area (Å²) in [5.74, 6) is 0.140. The van der Waals surface area contributed by atoms with Gasteiger partial charge < -0.3 is 9.84 Å². The van der Waals surface area contributed by atoms with Gasteiger partial charge in [-0.3, -0.25) is 0 Å². The average molecular weight is 407 g/mol. The highest BCUT2D eigenvalue weighted by atomic mass is 16.5. The highest BCUT2D eigenvalue weighted by molar-refractivity contribution is 5.89. The van der Waals surface area contributed by atoms with Gasteiger partial charge in [0.25, 0.3) is 0 Å². The van der Waals surface area contributed by atoms with Gasteiger partial charge >= 0.3 is 5.97 Å². The fourth-order valence-corrected chi connectivity index (χ4v) is 3.53. The maximum absolute atomic E-state index is 12.1. The van der Waals surface area contributed by atoms with Crippen molar-refractivity contribution in [3.63, 3.8) is 0 Å². The molecule has 30 heavy (non-hydrogen) atoms. The maximum atomic E-state index is 12.1. The van der Waals surface area contributed by atoms with Crippen LogP contribution in [0.5, 0.6) is 11.5 Å². The normalized spacial score (nSPS) is 11.9. The van der Waals surface area contributed by atoms with Gasteiger partial charge in [0.1, 0.15) is 11.5 Å². The molecule has 0 aliphatic carbocycles. The molecule has 2 aromatic carbocycles. The van der Waals surface area contributed by atoms with E-state index in [2.05, 4.69) is 54.7 Å². The van der Waals surface area contributed by atoms with E-state index in [9.17, 15) is 9.90 Å². The Morgan fingerprint density at radius 2 is 1.37 bits per heavy atom. The van der Waals surface area contributed by atoms with Gasteiger partial charge in [0.15, 0.2) is 0 Å². The van der Waals surface area contributed by atoms with E-state index in [4.69, 9.17) is 4.74 Å². The SMILES string of the molecule is C=CC(=O)Oc1c(C(=C)c2cc(C)cc(C(C)(C)C)c2O)cc(C)cc1C(C)(C)C. The molecule has 0 unspecified atom stereocenters. The second-order valence-corrected chi connectivity index (χ2v) is 10.0. The Kier molecular flexibility index (Phi) is 6.37. The first-order valence-corrected chi connectivity index (χ1v) is 10.2. The molecule has 160 valence electrons. The van der Waals surface area contributed by atoms with Crippen LogP contribution in [0, 0.1) is 13.8 Å². The number of aromatic hydroxyl groups is 1. The van der Waals surface area contributed by atoms with Gasteiger partial charge in [-0.25, -0.2) is 4.79 Å². The third kappa shape index (κ3) is 4.84. The van der Waals surface area contributed by atoms with Gasteiger partial charge in [0.2, 0.25) is 0 Å².